The van der Waals surface area contributed by atoms with Crippen molar-refractivity contribution in [1.82, 2.24) is 4.98 Å². The van der Waals surface area contributed by atoms with Gasteiger partial charge in [0.2, 0.25) is 0 Å². The highest BCUT2D eigenvalue weighted by molar-refractivity contribution is 5.62. The number of nitrogens with zero attached hydrogens (tertiary/aromatic N) is 1. The van der Waals surface area contributed by atoms with Gasteiger partial charge in [0.15, 0.2) is 0 Å². The first-order chi connectivity index (χ1) is 7.00. The van der Waals surface area contributed by atoms with Gasteiger partial charge in [0.25, 0.3) is 0 Å². The zero-order valence-corrected chi connectivity index (χ0v) is 10.1. The molecule has 0 unspecified atom stereocenters. The first kappa shape index (κ1) is 11.8. The molecule has 0 aliphatic rings. The second kappa shape index (κ2) is 4.51. The van der Waals surface area contributed by atoms with E-state index in [9.17, 15) is 0 Å². The predicted molar refractivity (Wildman–Crippen MR) is 66.0 cm³/mol. The molecule has 3 N–H and O–H groups in total. The minimum atomic E-state index is 0.0797. The van der Waals surface area contributed by atoms with E-state index >= 15 is 0 Å². The van der Waals surface area contributed by atoms with Gasteiger partial charge in [0, 0.05) is 11.7 Å². The van der Waals surface area contributed by atoms with Crippen LogP contribution in [0.2, 0.25) is 0 Å². The molecule has 3 nitrogen and oxygen atoms in total. The molecule has 0 saturated heterocycles. The summed E-state index contributed by atoms with van der Waals surface area (Å²) in [5, 5.41) is 3.41. The maximum absolute atomic E-state index is 5.91. The Morgan fingerprint density at radius 1 is 1.40 bits per heavy atom. The van der Waals surface area contributed by atoms with Crippen LogP contribution in [0.15, 0.2) is 12.3 Å². The molecule has 1 aromatic rings. The number of rotatable bonds is 4. The zero-order chi connectivity index (χ0) is 11.5. The molecule has 1 heterocycles. The van der Waals surface area contributed by atoms with Gasteiger partial charge in [-0.15, -0.1) is 0 Å². The second-order valence-corrected chi connectivity index (χ2v) is 4.34. The van der Waals surface area contributed by atoms with E-state index in [0.29, 0.717) is 0 Å². The lowest BCUT2D eigenvalue weighted by atomic mass is 9.95. The molecule has 0 fully saturated rings. The molecule has 0 amide bonds. The molecular weight excluding hydrogens is 186 g/mol. The van der Waals surface area contributed by atoms with Crippen LogP contribution in [-0.2, 0) is 0 Å². The van der Waals surface area contributed by atoms with Crippen LogP contribution in [0.5, 0.6) is 0 Å². The van der Waals surface area contributed by atoms with Gasteiger partial charge in [0.1, 0.15) is 5.82 Å². The predicted octanol–water partition coefficient (Wildman–Crippen LogP) is 2.96. The molecule has 0 aromatic carbocycles. The number of aromatic nitrogens is 1. The highest BCUT2D eigenvalue weighted by Crippen LogP contribution is 2.24. The third kappa shape index (κ3) is 2.85. The van der Waals surface area contributed by atoms with Crippen LogP contribution in [0.3, 0.4) is 0 Å². The van der Waals surface area contributed by atoms with Crippen LogP contribution in [-0.4, -0.2) is 10.5 Å². The largest absolute Gasteiger partial charge is 0.396 e. The summed E-state index contributed by atoms with van der Waals surface area (Å²) in [4.78, 5) is 4.32. The molecule has 0 aliphatic heterocycles. The van der Waals surface area contributed by atoms with Crippen molar-refractivity contribution in [1.29, 1.82) is 0 Å². The number of anilines is 2. The normalized spacial score (nSPS) is 11.5. The van der Waals surface area contributed by atoms with Crippen molar-refractivity contribution in [2.75, 3.05) is 11.1 Å². The lowest BCUT2D eigenvalue weighted by Crippen LogP contribution is -2.33. The van der Waals surface area contributed by atoms with E-state index in [2.05, 4.69) is 31.1 Å². The quantitative estimate of drug-likeness (QED) is 0.798. The lowest BCUT2D eigenvalue weighted by molar-refractivity contribution is 0.477. The molecule has 3 heteroatoms. The van der Waals surface area contributed by atoms with Crippen LogP contribution >= 0.6 is 0 Å². The average Bonchev–Trinajstić information content (AvgIpc) is 2.22. The van der Waals surface area contributed by atoms with Gasteiger partial charge in [0.05, 0.1) is 5.69 Å². The number of nitrogens with one attached hydrogen (secondary N) is 1. The van der Waals surface area contributed by atoms with E-state index in [1.807, 2.05) is 19.2 Å². The molecule has 0 aliphatic carbocycles. The molecular formula is C12H21N3. The zero-order valence-electron chi connectivity index (χ0n) is 10.1. The fraction of sp³-hybridized carbons (Fsp3) is 0.583. The van der Waals surface area contributed by atoms with Crippen molar-refractivity contribution in [3.8, 4) is 0 Å². The fourth-order valence-electron chi connectivity index (χ4n) is 1.41. The van der Waals surface area contributed by atoms with Gasteiger partial charge in [-0.2, -0.15) is 0 Å². The highest BCUT2D eigenvalue weighted by atomic mass is 15.1. The maximum atomic E-state index is 5.91. The molecule has 0 radical (unpaired) electrons. The number of nitrogens with two attached hydrogens (primary N) is 1. The first-order valence-electron chi connectivity index (χ1n) is 5.51. The van der Waals surface area contributed by atoms with E-state index in [-0.39, 0.29) is 5.54 Å². The number of pyridine rings is 1. The number of hydrogen-bond acceptors (Lipinski definition) is 3. The van der Waals surface area contributed by atoms with Crippen molar-refractivity contribution in [2.45, 2.75) is 46.1 Å². The van der Waals surface area contributed by atoms with Crippen molar-refractivity contribution in [2.24, 2.45) is 0 Å². The van der Waals surface area contributed by atoms with E-state index in [4.69, 9.17) is 5.73 Å². The van der Waals surface area contributed by atoms with Crippen molar-refractivity contribution < 1.29 is 0 Å². The summed E-state index contributed by atoms with van der Waals surface area (Å²) in [6.07, 6.45) is 3.95. The van der Waals surface area contributed by atoms with Crippen LogP contribution in [0.4, 0.5) is 11.5 Å². The van der Waals surface area contributed by atoms with Crippen LogP contribution in [0.25, 0.3) is 0 Å². The third-order valence-electron chi connectivity index (χ3n) is 3.03. The summed E-state index contributed by atoms with van der Waals surface area (Å²) in [6.45, 7) is 8.52. The van der Waals surface area contributed by atoms with E-state index in [1.54, 1.807) is 0 Å². The summed E-state index contributed by atoms with van der Waals surface area (Å²) in [7, 11) is 0. The third-order valence-corrected chi connectivity index (χ3v) is 3.03. The van der Waals surface area contributed by atoms with Gasteiger partial charge >= 0.3 is 0 Å². The second-order valence-electron chi connectivity index (χ2n) is 4.34. The minimum absolute atomic E-state index is 0.0797. The molecule has 84 valence electrons. The summed E-state index contributed by atoms with van der Waals surface area (Å²) >= 11 is 0. The molecule has 0 saturated carbocycles. The summed E-state index contributed by atoms with van der Waals surface area (Å²) in [5.41, 5.74) is 7.81. The molecule has 0 bridgehead atoms. The summed E-state index contributed by atoms with van der Waals surface area (Å²) < 4.78 is 0. The van der Waals surface area contributed by atoms with Crippen molar-refractivity contribution >= 4 is 11.5 Å². The molecule has 0 spiro atoms. The van der Waals surface area contributed by atoms with E-state index in [1.165, 1.54) is 0 Å². The Morgan fingerprint density at radius 2 is 2.00 bits per heavy atom. The van der Waals surface area contributed by atoms with Gasteiger partial charge in [-0.05, 0) is 38.3 Å². The van der Waals surface area contributed by atoms with Crippen molar-refractivity contribution in [3.05, 3.63) is 17.8 Å². The van der Waals surface area contributed by atoms with E-state index < -0.39 is 0 Å². The van der Waals surface area contributed by atoms with Crippen LogP contribution in [0.1, 0.15) is 39.2 Å². The molecule has 15 heavy (non-hydrogen) atoms. The Labute approximate surface area is 92.1 Å². The maximum Gasteiger partial charge on any atom is 0.149 e. The Bertz CT molecular complexity index is 330. The smallest absolute Gasteiger partial charge is 0.149 e. The van der Waals surface area contributed by atoms with Crippen LogP contribution < -0.4 is 11.1 Å². The van der Waals surface area contributed by atoms with Gasteiger partial charge in [-0.3, -0.25) is 0 Å². The Balaban J connectivity index is 2.89. The highest BCUT2D eigenvalue weighted by Gasteiger charge is 2.20. The Hall–Kier alpha value is -1.25. The lowest BCUT2D eigenvalue weighted by Gasteiger charge is -2.29. The van der Waals surface area contributed by atoms with E-state index in [0.717, 1.165) is 29.9 Å². The number of nitrogen functional groups attached to an aromatic ring is 1. The monoisotopic (exact) mass is 207 g/mol. The molecule has 1 rings (SSSR count). The number of hydrogen-bond donors (Lipinski definition) is 2. The SMILES string of the molecule is CCC(C)(CC)Nc1ncc(C)cc1N. The fourth-order valence-corrected chi connectivity index (χ4v) is 1.41. The molecule has 0 atom stereocenters. The van der Waals surface area contributed by atoms with Crippen molar-refractivity contribution in [3.63, 3.8) is 0 Å². The minimum Gasteiger partial charge on any atom is -0.396 e. The molecule has 1 aromatic heterocycles. The first-order valence-corrected chi connectivity index (χ1v) is 5.51. The standard InChI is InChI=1S/C12H21N3/c1-5-12(4,6-2)15-11-10(13)7-9(3)8-14-11/h7-8H,5-6,13H2,1-4H3,(H,14,15). The Kier molecular flexibility index (Phi) is 3.56. The summed E-state index contributed by atoms with van der Waals surface area (Å²) in [6, 6.07) is 1.95. The number of aryl methyl sites for hydroxylation is 1. The summed E-state index contributed by atoms with van der Waals surface area (Å²) in [5.74, 6) is 0.798. The average molecular weight is 207 g/mol. The van der Waals surface area contributed by atoms with Crippen LogP contribution in [0, 0.1) is 6.92 Å². The topological polar surface area (TPSA) is 50.9 Å². The van der Waals surface area contributed by atoms with Gasteiger partial charge in [-0.1, -0.05) is 13.8 Å². The van der Waals surface area contributed by atoms with Gasteiger partial charge in [-0.25, -0.2) is 4.98 Å². The van der Waals surface area contributed by atoms with Gasteiger partial charge < -0.3 is 11.1 Å². The Morgan fingerprint density at radius 3 is 2.47 bits per heavy atom.